The predicted molar refractivity (Wildman–Crippen MR) is 104 cm³/mol. The molecular formula is C20H24F3N5O4. The summed E-state index contributed by atoms with van der Waals surface area (Å²) in [5.74, 6) is 0.181. The third kappa shape index (κ3) is 5.05. The van der Waals surface area contributed by atoms with Gasteiger partial charge in [0.15, 0.2) is 5.82 Å². The van der Waals surface area contributed by atoms with Crippen LogP contribution >= 0.6 is 0 Å². The van der Waals surface area contributed by atoms with Gasteiger partial charge in [0.25, 0.3) is 0 Å². The molecule has 2 aliphatic carbocycles. The maximum absolute atomic E-state index is 13.0. The van der Waals surface area contributed by atoms with Crippen LogP contribution in [0.15, 0.2) is 16.7 Å². The van der Waals surface area contributed by atoms with Crippen LogP contribution in [0.2, 0.25) is 0 Å². The number of hydrogen-bond donors (Lipinski definition) is 3. The summed E-state index contributed by atoms with van der Waals surface area (Å²) < 4.78 is 49.0. The second kappa shape index (κ2) is 8.14. The van der Waals surface area contributed by atoms with Gasteiger partial charge in [0.05, 0.1) is 18.5 Å². The van der Waals surface area contributed by atoms with E-state index in [1.807, 2.05) is 0 Å². The van der Waals surface area contributed by atoms with E-state index in [-0.39, 0.29) is 36.5 Å². The number of H-pyrrole nitrogens is 1. The van der Waals surface area contributed by atoms with Crippen molar-refractivity contribution in [2.24, 2.45) is 17.6 Å². The summed E-state index contributed by atoms with van der Waals surface area (Å²) >= 11 is 0. The van der Waals surface area contributed by atoms with Crippen molar-refractivity contribution in [2.75, 3.05) is 5.32 Å². The average Bonchev–Trinajstić information content (AvgIpc) is 3.11. The van der Waals surface area contributed by atoms with E-state index < -0.39 is 24.3 Å². The molecule has 4 N–H and O–H groups in total. The Bertz CT molecular complexity index is 1000. The number of rotatable bonds is 7. The SMILES string of the molecule is Cc1cc(CC(=O)Nc2cc([C@H]3CC[C@@H](C4CC4(CC(F)(F)F)OC(N)=O)C3)[nH]n2)on1. The first-order valence-corrected chi connectivity index (χ1v) is 10.4. The van der Waals surface area contributed by atoms with Crippen LogP contribution in [0.3, 0.4) is 0 Å². The van der Waals surface area contributed by atoms with Crippen molar-refractivity contribution in [2.45, 2.75) is 63.1 Å². The Balaban J connectivity index is 1.33. The van der Waals surface area contributed by atoms with Crippen molar-refractivity contribution in [3.05, 3.63) is 29.3 Å². The van der Waals surface area contributed by atoms with E-state index in [1.165, 1.54) is 0 Å². The minimum Gasteiger partial charge on any atom is -0.442 e. The quantitative estimate of drug-likeness (QED) is 0.584. The molecule has 2 aromatic rings. The number of aromatic nitrogens is 3. The van der Waals surface area contributed by atoms with E-state index in [0.29, 0.717) is 30.1 Å². The fraction of sp³-hybridized carbons (Fsp3) is 0.600. The topological polar surface area (TPSA) is 136 Å². The van der Waals surface area contributed by atoms with Gasteiger partial charge in [-0.2, -0.15) is 18.3 Å². The molecule has 0 radical (unpaired) electrons. The van der Waals surface area contributed by atoms with Crippen LogP contribution in [0.4, 0.5) is 23.8 Å². The summed E-state index contributed by atoms with van der Waals surface area (Å²) in [5, 5.41) is 13.4. The number of nitrogens with zero attached hydrogens (tertiary/aromatic N) is 2. The second-order valence-corrected chi connectivity index (χ2v) is 8.73. The molecule has 4 atom stereocenters. The molecule has 2 heterocycles. The van der Waals surface area contributed by atoms with E-state index >= 15 is 0 Å². The third-order valence-electron chi connectivity index (χ3n) is 6.24. The number of carbonyl (C=O) groups is 2. The Morgan fingerprint density at radius 2 is 2.16 bits per heavy atom. The molecule has 0 aromatic carbocycles. The van der Waals surface area contributed by atoms with E-state index in [2.05, 4.69) is 20.7 Å². The highest BCUT2D eigenvalue weighted by molar-refractivity contribution is 5.91. The van der Waals surface area contributed by atoms with Crippen molar-refractivity contribution >= 4 is 17.8 Å². The highest BCUT2D eigenvalue weighted by Gasteiger charge is 2.65. The largest absolute Gasteiger partial charge is 0.442 e. The molecule has 12 heteroatoms. The number of anilines is 1. The first-order valence-electron chi connectivity index (χ1n) is 10.4. The van der Waals surface area contributed by atoms with E-state index in [9.17, 15) is 22.8 Å². The number of amides is 2. The van der Waals surface area contributed by atoms with Crippen molar-refractivity contribution in [3.8, 4) is 0 Å². The highest BCUT2D eigenvalue weighted by atomic mass is 19.4. The Labute approximate surface area is 181 Å². The lowest BCUT2D eigenvalue weighted by molar-refractivity contribution is -0.160. The maximum Gasteiger partial charge on any atom is 0.405 e. The molecule has 0 bridgehead atoms. The van der Waals surface area contributed by atoms with Crippen LogP contribution in [0.1, 0.15) is 55.2 Å². The maximum atomic E-state index is 13.0. The molecule has 174 valence electrons. The van der Waals surface area contributed by atoms with Gasteiger partial charge in [0.2, 0.25) is 5.91 Å². The van der Waals surface area contributed by atoms with Crippen LogP contribution in [-0.2, 0) is 16.0 Å². The van der Waals surface area contributed by atoms with Crippen LogP contribution in [-0.4, -0.2) is 39.1 Å². The smallest absolute Gasteiger partial charge is 0.405 e. The summed E-state index contributed by atoms with van der Waals surface area (Å²) in [6.45, 7) is 1.76. The number of carbonyl (C=O) groups excluding carboxylic acids is 2. The van der Waals surface area contributed by atoms with Crippen LogP contribution in [0.25, 0.3) is 0 Å². The Kier molecular flexibility index (Phi) is 5.63. The zero-order valence-electron chi connectivity index (χ0n) is 17.4. The van der Waals surface area contributed by atoms with Gasteiger partial charge in [-0.05, 0) is 38.5 Å². The third-order valence-corrected chi connectivity index (χ3v) is 6.24. The number of aryl methyl sites for hydroxylation is 1. The molecule has 32 heavy (non-hydrogen) atoms. The average molecular weight is 455 g/mol. The van der Waals surface area contributed by atoms with Crippen molar-refractivity contribution in [1.82, 2.24) is 15.4 Å². The van der Waals surface area contributed by atoms with Gasteiger partial charge in [-0.25, -0.2) is 4.79 Å². The molecule has 2 amide bonds. The normalized spacial score (nSPS) is 27.3. The fourth-order valence-corrected chi connectivity index (χ4v) is 4.92. The Morgan fingerprint density at radius 1 is 1.38 bits per heavy atom. The summed E-state index contributed by atoms with van der Waals surface area (Å²) in [5.41, 5.74) is 4.96. The summed E-state index contributed by atoms with van der Waals surface area (Å²) in [6, 6.07) is 3.40. The van der Waals surface area contributed by atoms with E-state index in [0.717, 1.165) is 12.1 Å². The number of hydrogen-bond acceptors (Lipinski definition) is 6. The number of aromatic amines is 1. The van der Waals surface area contributed by atoms with E-state index in [1.54, 1.807) is 19.1 Å². The van der Waals surface area contributed by atoms with Gasteiger partial charge in [0.1, 0.15) is 11.4 Å². The fourth-order valence-electron chi connectivity index (χ4n) is 4.92. The van der Waals surface area contributed by atoms with Crippen LogP contribution < -0.4 is 11.1 Å². The monoisotopic (exact) mass is 455 g/mol. The lowest BCUT2D eigenvalue weighted by Crippen LogP contribution is -2.32. The molecule has 0 spiro atoms. The molecule has 0 saturated heterocycles. The Hall–Kier alpha value is -3.05. The molecule has 2 aromatic heterocycles. The first-order chi connectivity index (χ1) is 15.0. The van der Waals surface area contributed by atoms with Crippen molar-refractivity contribution < 1.29 is 32.0 Å². The number of ether oxygens (including phenoxy) is 1. The minimum absolute atomic E-state index is 0.0160. The Morgan fingerprint density at radius 3 is 2.81 bits per heavy atom. The number of nitrogens with two attached hydrogens (primary N) is 1. The first kappa shape index (κ1) is 22.2. The molecule has 2 unspecified atom stereocenters. The van der Waals surface area contributed by atoms with Gasteiger partial charge in [-0.1, -0.05) is 5.16 Å². The molecular weight excluding hydrogens is 431 g/mol. The summed E-state index contributed by atoms with van der Waals surface area (Å²) in [4.78, 5) is 23.3. The van der Waals surface area contributed by atoms with Gasteiger partial charge >= 0.3 is 12.3 Å². The predicted octanol–water partition coefficient (Wildman–Crippen LogP) is 3.58. The number of halogens is 3. The van der Waals surface area contributed by atoms with Crippen molar-refractivity contribution in [1.29, 1.82) is 0 Å². The van der Waals surface area contributed by atoms with Gasteiger partial charge < -0.3 is 20.3 Å². The minimum atomic E-state index is -4.44. The zero-order chi connectivity index (χ0) is 23.1. The van der Waals surface area contributed by atoms with Crippen LogP contribution in [0, 0.1) is 18.8 Å². The van der Waals surface area contributed by atoms with Crippen molar-refractivity contribution in [3.63, 3.8) is 0 Å². The number of alkyl halides is 3. The van der Waals surface area contributed by atoms with Gasteiger partial charge in [0, 0.05) is 29.7 Å². The molecule has 4 rings (SSSR count). The second-order valence-electron chi connectivity index (χ2n) is 8.73. The summed E-state index contributed by atoms with van der Waals surface area (Å²) in [6.07, 6.45) is -4.51. The molecule has 9 nitrogen and oxygen atoms in total. The van der Waals surface area contributed by atoms with E-state index in [4.69, 9.17) is 15.0 Å². The number of primary amides is 1. The standard InChI is InChI=1S/C20H24F3N5O4/c1-10-4-13(32-28-10)6-17(29)25-16-7-15(26-27-16)12-3-2-11(5-12)14-8-19(14,31-18(24)30)9-20(21,22)23/h4,7,11-12,14H,2-3,5-6,8-9H2,1H3,(H2,24,30)(H2,25,26,27,29)/t11-,12+,14?,19?/m1/s1. The van der Waals surface area contributed by atoms with Gasteiger partial charge in [-0.3, -0.25) is 9.89 Å². The molecule has 2 saturated carbocycles. The highest BCUT2D eigenvalue weighted by Crippen LogP contribution is 2.61. The van der Waals surface area contributed by atoms with Gasteiger partial charge in [-0.15, -0.1) is 0 Å². The molecule has 2 fully saturated rings. The zero-order valence-corrected chi connectivity index (χ0v) is 17.4. The summed E-state index contributed by atoms with van der Waals surface area (Å²) in [7, 11) is 0. The lowest BCUT2D eigenvalue weighted by Gasteiger charge is -2.21. The molecule has 2 aliphatic rings. The lowest BCUT2D eigenvalue weighted by atomic mass is 9.95. The molecule has 0 aliphatic heterocycles. The number of nitrogens with one attached hydrogen (secondary N) is 2. The van der Waals surface area contributed by atoms with Crippen LogP contribution in [0.5, 0.6) is 0 Å².